The van der Waals surface area contributed by atoms with Gasteiger partial charge in [0.15, 0.2) is 5.82 Å². The molecular weight excluding hydrogens is 302 g/mol. The molecule has 1 unspecified atom stereocenters. The molecule has 1 atom stereocenters. The van der Waals surface area contributed by atoms with Gasteiger partial charge in [-0.15, -0.1) is 0 Å². The number of aromatic nitrogens is 2. The predicted octanol–water partition coefficient (Wildman–Crippen LogP) is 1.72. The van der Waals surface area contributed by atoms with Crippen molar-refractivity contribution in [2.24, 2.45) is 5.92 Å². The van der Waals surface area contributed by atoms with Crippen molar-refractivity contribution in [2.75, 3.05) is 44.2 Å². The number of aromatic amines is 1. The summed E-state index contributed by atoms with van der Waals surface area (Å²) >= 11 is 0. The van der Waals surface area contributed by atoms with E-state index in [1.807, 2.05) is 0 Å². The Kier molecular flexibility index (Phi) is 4.74. The molecule has 0 aromatic carbocycles. The number of anilines is 1. The van der Waals surface area contributed by atoms with Crippen LogP contribution in [0.2, 0.25) is 0 Å². The van der Waals surface area contributed by atoms with E-state index in [4.69, 9.17) is 0 Å². The van der Waals surface area contributed by atoms with Crippen molar-refractivity contribution in [2.45, 2.75) is 44.4 Å². The summed E-state index contributed by atoms with van der Waals surface area (Å²) < 4.78 is 0. The molecule has 1 aromatic heterocycles. The quantitative estimate of drug-likeness (QED) is 0.885. The molecule has 1 saturated carbocycles. The molecule has 132 valence electrons. The highest BCUT2D eigenvalue weighted by Crippen LogP contribution is 2.31. The summed E-state index contributed by atoms with van der Waals surface area (Å²) in [6.07, 6.45) is 6.89. The summed E-state index contributed by atoms with van der Waals surface area (Å²) in [5, 5.41) is 11.2. The molecule has 0 radical (unpaired) electrons. The normalized spacial score (nSPS) is 26.1. The summed E-state index contributed by atoms with van der Waals surface area (Å²) in [6.45, 7) is 5.87. The van der Waals surface area contributed by atoms with Gasteiger partial charge in [0, 0.05) is 62.9 Å². The molecule has 6 nitrogen and oxygen atoms in total. The van der Waals surface area contributed by atoms with Crippen LogP contribution < -0.4 is 10.2 Å². The fourth-order valence-corrected chi connectivity index (χ4v) is 4.45. The fraction of sp³-hybridized carbons (Fsp3) is 0.778. The highest BCUT2D eigenvalue weighted by atomic mass is 16.2. The standard InChI is InChI=1S/C18H29N5O/c24-18(14-4-1-2-5-14)23-9-3-6-15(13-23)16-12-17(21-20-16)22-10-7-19-8-11-22/h12,14-15,19H,1-11,13H2,(H,20,21). The molecule has 1 aromatic rings. The third-order valence-corrected chi connectivity index (χ3v) is 5.90. The summed E-state index contributed by atoms with van der Waals surface area (Å²) in [5.41, 5.74) is 1.20. The van der Waals surface area contributed by atoms with Crippen LogP contribution in [0.3, 0.4) is 0 Å². The molecule has 0 bridgehead atoms. The van der Waals surface area contributed by atoms with Crippen LogP contribution in [0, 0.1) is 5.92 Å². The number of nitrogens with one attached hydrogen (secondary N) is 2. The molecule has 2 N–H and O–H groups in total. The second kappa shape index (κ2) is 7.13. The number of hydrogen-bond donors (Lipinski definition) is 2. The Hall–Kier alpha value is -1.56. The van der Waals surface area contributed by atoms with Crippen LogP contribution in [0.4, 0.5) is 5.82 Å². The monoisotopic (exact) mass is 331 g/mol. The zero-order valence-electron chi connectivity index (χ0n) is 14.5. The number of carbonyl (C=O) groups excluding carboxylic acids is 1. The van der Waals surface area contributed by atoms with Gasteiger partial charge in [-0.25, -0.2) is 0 Å². The Morgan fingerprint density at radius 1 is 1.08 bits per heavy atom. The van der Waals surface area contributed by atoms with Crippen molar-refractivity contribution in [3.63, 3.8) is 0 Å². The SMILES string of the molecule is O=C(C1CCCC1)N1CCCC(c2cc(N3CCNCC3)n[nH]2)C1. The van der Waals surface area contributed by atoms with Crippen molar-refractivity contribution in [1.29, 1.82) is 0 Å². The highest BCUT2D eigenvalue weighted by molar-refractivity contribution is 5.79. The lowest BCUT2D eigenvalue weighted by Crippen LogP contribution is -2.43. The van der Waals surface area contributed by atoms with Gasteiger partial charge in [0.2, 0.25) is 5.91 Å². The molecule has 0 spiro atoms. The van der Waals surface area contributed by atoms with Crippen molar-refractivity contribution >= 4 is 11.7 Å². The van der Waals surface area contributed by atoms with Gasteiger partial charge >= 0.3 is 0 Å². The van der Waals surface area contributed by atoms with Gasteiger partial charge in [-0.1, -0.05) is 12.8 Å². The number of carbonyl (C=O) groups is 1. The van der Waals surface area contributed by atoms with Crippen molar-refractivity contribution < 1.29 is 4.79 Å². The van der Waals surface area contributed by atoms with Gasteiger partial charge < -0.3 is 15.1 Å². The number of nitrogens with zero attached hydrogens (tertiary/aromatic N) is 3. The number of piperazine rings is 1. The Balaban J connectivity index is 1.40. The van der Waals surface area contributed by atoms with Gasteiger partial charge in [-0.2, -0.15) is 5.10 Å². The van der Waals surface area contributed by atoms with E-state index >= 15 is 0 Å². The number of H-pyrrole nitrogens is 1. The lowest BCUT2D eigenvalue weighted by molar-refractivity contribution is -0.136. The molecule has 1 aliphatic carbocycles. The molecule has 3 aliphatic rings. The molecule has 3 fully saturated rings. The lowest BCUT2D eigenvalue weighted by Gasteiger charge is -2.34. The minimum absolute atomic E-state index is 0.293. The maximum atomic E-state index is 12.7. The Morgan fingerprint density at radius 2 is 1.88 bits per heavy atom. The van der Waals surface area contributed by atoms with Crippen LogP contribution >= 0.6 is 0 Å². The van der Waals surface area contributed by atoms with Crippen molar-refractivity contribution in [1.82, 2.24) is 20.4 Å². The minimum atomic E-state index is 0.293. The zero-order valence-corrected chi connectivity index (χ0v) is 14.5. The van der Waals surface area contributed by atoms with E-state index in [2.05, 4.69) is 31.4 Å². The van der Waals surface area contributed by atoms with Gasteiger partial charge in [-0.3, -0.25) is 9.89 Å². The van der Waals surface area contributed by atoms with E-state index in [1.165, 1.54) is 18.5 Å². The second-order valence-electron chi connectivity index (χ2n) is 7.52. The predicted molar refractivity (Wildman–Crippen MR) is 94.2 cm³/mol. The third-order valence-electron chi connectivity index (χ3n) is 5.90. The summed E-state index contributed by atoms with van der Waals surface area (Å²) in [6, 6.07) is 2.21. The first kappa shape index (κ1) is 15.9. The first-order chi connectivity index (χ1) is 11.8. The topological polar surface area (TPSA) is 64.3 Å². The summed E-state index contributed by atoms with van der Waals surface area (Å²) in [5.74, 6) is 2.17. The lowest BCUT2D eigenvalue weighted by atomic mass is 9.93. The van der Waals surface area contributed by atoms with Gasteiger partial charge in [0.05, 0.1) is 0 Å². The van der Waals surface area contributed by atoms with Crippen LogP contribution in [0.25, 0.3) is 0 Å². The maximum Gasteiger partial charge on any atom is 0.225 e. The van der Waals surface area contributed by atoms with E-state index in [-0.39, 0.29) is 0 Å². The van der Waals surface area contributed by atoms with Gasteiger partial charge in [-0.05, 0) is 25.7 Å². The van der Waals surface area contributed by atoms with Crippen LogP contribution in [-0.4, -0.2) is 60.3 Å². The van der Waals surface area contributed by atoms with Crippen molar-refractivity contribution in [3.8, 4) is 0 Å². The van der Waals surface area contributed by atoms with E-state index in [0.29, 0.717) is 17.7 Å². The van der Waals surface area contributed by atoms with Gasteiger partial charge in [0.25, 0.3) is 0 Å². The van der Waals surface area contributed by atoms with E-state index < -0.39 is 0 Å². The molecule has 4 rings (SSSR count). The molecule has 3 heterocycles. The van der Waals surface area contributed by atoms with Crippen LogP contribution in [0.5, 0.6) is 0 Å². The average Bonchev–Trinajstić information content (AvgIpc) is 3.34. The van der Waals surface area contributed by atoms with E-state index in [9.17, 15) is 4.79 Å². The summed E-state index contributed by atoms with van der Waals surface area (Å²) in [4.78, 5) is 17.2. The number of amides is 1. The Morgan fingerprint density at radius 3 is 2.67 bits per heavy atom. The molecule has 2 saturated heterocycles. The number of rotatable bonds is 3. The zero-order chi connectivity index (χ0) is 16.4. The number of hydrogen-bond acceptors (Lipinski definition) is 4. The van der Waals surface area contributed by atoms with Gasteiger partial charge in [0.1, 0.15) is 0 Å². The average molecular weight is 331 g/mol. The van der Waals surface area contributed by atoms with Crippen LogP contribution in [-0.2, 0) is 4.79 Å². The second-order valence-corrected chi connectivity index (χ2v) is 7.52. The van der Waals surface area contributed by atoms with Crippen molar-refractivity contribution in [3.05, 3.63) is 11.8 Å². The highest BCUT2D eigenvalue weighted by Gasteiger charge is 2.31. The first-order valence-corrected chi connectivity index (χ1v) is 9.61. The number of likely N-dealkylation sites (tertiary alicyclic amines) is 1. The fourth-order valence-electron chi connectivity index (χ4n) is 4.45. The number of piperidine rings is 1. The molecular formula is C18H29N5O. The smallest absolute Gasteiger partial charge is 0.225 e. The largest absolute Gasteiger partial charge is 0.353 e. The summed E-state index contributed by atoms with van der Waals surface area (Å²) in [7, 11) is 0. The molecule has 2 aliphatic heterocycles. The van der Waals surface area contributed by atoms with Crippen LogP contribution in [0.1, 0.15) is 50.1 Å². The van der Waals surface area contributed by atoms with Crippen LogP contribution in [0.15, 0.2) is 6.07 Å². The van der Waals surface area contributed by atoms with E-state index in [1.54, 1.807) is 0 Å². The molecule has 24 heavy (non-hydrogen) atoms. The molecule has 1 amide bonds. The van der Waals surface area contributed by atoms with E-state index in [0.717, 1.165) is 70.8 Å². The molecule has 6 heteroatoms. The Bertz CT molecular complexity index is 560. The minimum Gasteiger partial charge on any atom is -0.353 e. The Labute approximate surface area is 144 Å². The maximum absolute atomic E-state index is 12.7. The first-order valence-electron chi connectivity index (χ1n) is 9.61. The third kappa shape index (κ3) is 3.29.